The predicted octanol–water partition coefficient (Wildman–Crippen LogP) is 10.4. The predicted molar refractivity (Wildman–Crippen MR) is 510 cm³/mol. The smallest absolute Gasteiger partial charge is 0.240 e. The van der Waals surface area contributed by atoms with Gasteiger partial charge in [-0.3, -0.25) is 67.9 Å². The van der Waals surface area contributed by atoms with E-state index in [2.05, 4.69) is 29.9 Å². The highest BCUT2D eigenvalue weighted by atomic mass is 19.1. The second-order valence-electron chi connectivity index (χ2n) is 31.7. The van der Waals surface area contributed by atoms with E-state index in [4.69, 9.17) is 0 Å². The summed E-state index contributed by atoms with van der Waals surface area (Å²) in [5.74, 6) is 1.14. The Morgan fingerprint density at radius 3 is 0.635 bits per heavy atom. The third kappa shape index (κ3) is 44.0. The van der Waals surface area contributed by atoms with E-state index in [9.17, 15) is 47.1 Å². The maximum absolute atomic E-state index is 13.4. The molecule has 0 saturated carbocycles. The number of aromatic nitrogens is 6. The molecule has 0 aliphatic rings. The van der Waals surface area contributed by atoms with E-state index in [-0.39, 0.29) is 58.9 Å². The van der Waals surface area contributed by atoms with Gasteiger partial charge in [0.05, 0.1) is 112 Å². The van der Waals surface area contributed by atoms with E-state index in [1.54, 1.807) is 159 Å². The summed E-state index contributed by atoms with van der Waals surface area (Å²) in [6.45, 7) is 29.6. The van der Waals surface area contributed by atoms with E-state index < -0.39 is 0 Å². The lowest BCUT2D eigenvalue weighted by Gasteiger charge is -2.21. The Kier molecular flexibility index (Phi) is 52.5. The average molecular weight is 1750 g/mol. The van der Waals surface area contributed by atoms with Crippen molar-refractivity contribution >= 4 is 92.8 Å². The first-order valence-corrected chi connectivity index (χ1v) is 41.5. The van der Waals surface area contributed by atoms with Crippen molar-refractivity contribution < 1.29 is 47.1 Å². The molecule has 126 heavy (non-hydrogen) atoms. The second kappa shape index (κ2) is 58.8. The van der Waals surface area contributed by atoms with Crippen molar-refractivity contribution in [2.45, 2.75) is 83.1 Å². The minimum absolute atomic E-state index is 0.0208. The molecule has 4 aromatic heterocycles. The van der Waals surface area contributed by atoms with Crippen LogP contribution in [0.3, 0.4) is 0 Å². The fraction of sp³-hybridized carbons (Fsp3) is 0.468. The van der Waals surface area contributed by atoms with E-state index >= 15 is 0 Å². The molecular formula is C94H144F2N22O8. The number of anilines is 8. The maximum Gasteiger partial charge on any atom is 0.240 e. The van der Waals surface area contributed by atoms with Gasteiger partial charge in [0.1, 0.15) is 23.3 Å². The van der Waals surface area contributed by atoms with Gasteiger partial charge in [0.15, 0.2) is 0 Å². The number of nitrogens with zero attached hydrogens (tertiary/aromatic N) is 22. The monoisotopic (exact) mass is 1750 g/mol. The van der Waals surface area contributed by atoms with E-state index in [1.807, 2.05) is 268 Å². The van der Waals surface area contributed by atoms with Crippen LogP contribution in [0, 0.1) is 67.0 Å². The molecule has 0 N–H and O–H groups in total. The minimum atomic E-state index is -0.290. The summed E-state index contributed by atoms with van der Waals surface area (Å²) in [4.78, 5) is 147. The summed E-state index contributed by atoms with van der Waals surface area (Å²) in [5.41, 5.74) is 11.6. The van der Waals surface area contributed by atoms with Crippen LogP contribution in [0.15, 0.2) is 146 Å². The number of rotatable bonds is 28. The molecule has 0 spiro atoms. The van der Waals surface area contributed by atoms with Gasteiger partial charge < -0.3 is 58.8 Å². The van der Waals surface area contributed by atoms with Crippen LogP contribution in [0.5, 0.6) is 0 Å². The van der Waals surface area contributed by atoms with Crippen LogP contribution < -0.4 is 39.2 Å². The standard InChI is InChI=1S/C13H19FN2O.C13H20N2O.C12H17FN2O.C12H19N3O.C12H18N2O.C11H18N4O.C11H17N3O.C10H16N4O/c1-5-15(3)9-13(17)16(4)11-7-6-10(2)12(14)8-11;1-5-14(3)10-13(16)15(4)12-8-6-11(2)7-9-12;1-9-5-6-10(7-11(9)13)15(4)12(16)8-14(2)3;1-5-14(3)9-12(16)15(4)11-7-6-10(2)13-8-11;1-10-5-7-11(8-6-10)14(4)12(15)9-13(2)3;1-5-14(3)8-11(16)15(4)10-6-12-9(2)13-7-10;1-9-5-6-10(7-12-9)14(4)11(15)8-13(2)3;1-8-11-5-9(6-12-8)14(4)10(15)7-13(2)3/h6-8H,5,9H2,1-4H3;6-9H,5,10H2,1-4H3;5-7H,8H2,1-4H3;6-8H,5,9H2,1-4H3;5-8H,9H2,1-4H3;6-7H,5,8H2,1-4H3;5-7H,8H2,1-4H3;5-6H,7H2,1-4H3. The Bertz CT molecular complexity index is 4230. The van der Waals surface area contributed by atoms with Crippen LogP contribution in [-0.2, 0) is 38.4 Å². The third-order valence-corrected chi connectivity index (χ3v) is 19.4. The molecule has 692 valence electrons. The quantitative estimate of drug-likeness (QED) is 0.0441. The topological polar surface area (TPSA) is 266 Å². The van der Waals surface area contributed by atoms with Gasteiger partial charge in [0, 0.05) is 90.5 Å². The van der Waals surface area contributed by atoms with Gasteiger partial charge >= 0.3 is 0 Å². The molecule has 0 atom stereocenters. The highest BCUT2D eigenvalue weighted by molar-refractivity contribution is 5.98. The lowest BCUT2D eigenvalue weighted by Crippen LogP contribution is -2.36. The number of amides is 8. The van der Waals surface area contributed by atoms with Crippen LogP contribution in [0.2, 0.25) is 0 Å². The molecule has 0 saturated heterocycles. The zero-order valence-corrected chi connectivity index (χ0v) is 81.2. The first-order valence-electron chi connectivity index (χ1n) is 41.5. The van der Waals surface area contributed by atoms with Gasteiger partial charge in [0.25, 0.3) is 0 Å². The summed E-state index contributed by atoms with van der Waals surface area (Å²) in [7, 11) is 36.5. The maximum atomic E-state index is 13.4. The Labute approximate surface area is 750 Å². The van der Waals surface area contributed by atoms with Crippen molar-refractivity contribution in [2.24, 2.45) is 0 Å². The van der Waals surface area contributed by atoms with Crippen LogP contribution in [-0.4, -0.2) is 336 Å². The van der Waals surface area contributed by atoms with Crippen molar-refractivity contribution in [1.29, 1.82) is 0 Å². The number of carbonyl (C=O) groups is 8. The molecule has 8 rings (SSSR count). The van der Waals surface area contributed by atoms with Gasteiger partial charge in [-0.15, -0.1) is 0 Å². The lowest BCUT2D eigenvalue weighted by molar-refractivity contribution is -0.119. The summed E-state index contributed by atoms with van der Waals surface area (Å²) in [6, 6.07) is 33.1. The van der Waals surface area contributed by atoms with Crippen LogP contribution in [0.1, 0.15) is 73.0 Å². The number of benzene rings is 4. The lowest BCUT2D eigenvalue weighted by atomic mass is 10.2. The molecule has 8 aromatic rings. The van der Waals surface area contributed by atoms with Crippen molar-refractivity contribution in [3.63, 3.8) is 0 Å². The third-order valence-electron chi connectivity index (χ3n) is 19.4. The van der Waals surface area contributed by atoms with E-state index in [0.29, 0.717) is 92.2 Å². The zero-order valence-electron chi connectivity index (χ0n) is 81.2. The summed E-state index contributed by atoms with van der Waals surface area (Å²) in [5, 5.41) is 0. The molecule has 0 radical (unpaired) electrons. The average Bonchev–Trinajstić information content (AvgIpc) is 0.807. The fourth-order valence-corrected chi connectivity index (χ4v) is 10.0. The zero-order chi connectivity index (χ0) is 95.9. The van der Waals surface area contributed by atoms with Crippen molar-refractivity contribution in [3.8, 4) is 0 Å². The SMILES string of the molecule is CCN(C)CC(=O)N(C)c1ccc(C)c(F)c1.CCN(C)CC(=O)N(C)c1ccc(C)cc1.CCN(C)CC(=O)N(C)c1ccc(C)nc1.CCN(C)CC(=O)N(C)c1cnc(C)nc1.Cc1ccc(N(C)C(=O)CN(C)C)cc1.Cc1ccc(N(C)C(=O)CN(C)C)cc1F.Cc1ccc(N(C)C(=O)CN(C)C)cn1.Cc1ncc(N(C)C(=O)CN(C)C)cn1. The molecule has 0 fully saturated rings. The molecule has 0 aliphatic carbocycles. The number of hydrogen-bond acceptors (Lipinski definition) is 22. The molecular weight excluding hydrogens is 1600 g/mol. The molecule has 4 aromatic carbocycles. The van der Waals surface area contributed by atoms with Crippen molar-refractivity contribution in [3.05, 3.63) is 203 Å². The molecule has 0 aliphatic heterocycles. The number of pyridine rings is 2. The molecule has 0 bridgehead atoms. The number of aryl methyl sites for hydroxylation is 8. The number of likely N-dealkylation sites (N-methyl/N-ethyl adjacent to an activating group) is 16. The Balaban J connectivity index is 0.000000720. The summed E-state index contributed by atoms with van der Waals surface area (Å²) < 4.78 is 26.7. The molecule has 32 heteroatoms. The van der Waals surface area contributed by atoms with Gasteiger partial charge in [-0.05, 0) is 250 Å². The van der Waals surface area contributed by atoms with E-state index in [1.165, 1.54) is 33.1 Å². The minimum Gasteiger partial charge on any atom is -0.314 e. The van der Waals surface area contributed by atoms with Gasteiger partial charge in [0.2, 0.25) is 47.3 Å². The number of carbonyl (C=O) groups excluding carboxylic acids is 8. The highest BCUT2D eigenvalue weighted by Crippen LogP contribution is 2.21. The first kappa shape index (κ1) is 113. The van der Waals surface area contributed by atoms with Crippen LogP contribution in [0.25, 0.3) is 0 Å². The molecule has 8 amide bonds. The molecule has 0 unspecified atom stereocenters. The van der Waals surface area contributed by atoms with E-state index in [0.717, 1.165) is 66.0 Å². The normalized spacial score (nSPS) is 10.6. The number of hydrogen-bond donors (Lipinski definition) is 0. The summed E-state index contributed by atoms with van der Waals surface area (Å²) >= 11 is 0. The highest BCUT2D eigenvalue weighted by Gasteiger charge is 2.20. The van der Waals surface area contributed by atoms with Gasteiger partial charge in [-0.25, -0.2) is 28.7 Å². The number of halogens is 2. The Morgan fingerprint density at radius 1 is 0.238 bits per heavy atom. The fourth-order valence-electron chi connectivity index (χ4n) is 10.0. The molecule has 4 heterocycles. The van der Waals surface area contributed by atoms with Gasteiger partial charge in [-0.2, -0.15) is 0 Å². The Hall–Kier alpha value is -11.4. The first-order chi connectivity index (χ1) is 59.0. The van der Waals surface area contributed by atoms with Crippen molar-refractivity contribution in [1.82, 2.24) is 69.1 Å². The largest absolute Gasteiger partial charge is 0.314 e. The molecule has 30 nitrogen and oxygen atoms in total. The second-order valence-corrected chi connectivity index (χ2v) is 31.7. The summed E-state index contributed by atoms with van der Waals surface area (Å²) in [6.07, 6.45) is 10.0. The van der Waals surface area contributed by atoms with Crippen molar-refractivity contribution in [2.75, 3.05) is 259 Å². The Morgan fingerprint density at radius 2 is 0.429 bits per heavy atom. The van der Waals surface area contributed by atoms with Gasteiger partial charge in [-0.1, -0.05) is 75.2 Å². The van der Waals surface area contributed by atoms with Crippen LogP contribution >= 0.6 is 0 Å². The van der Waals surface area contributed by atoms with Crippen LogP contribution in [0.4, 0.5) is 54.3 Å².